The monoisotopic (exact) mass is 274 g/mol. The molecule has 0 radical (unpaired) electrons. The van der Waals surface area contributed by atoms with Gasteiger partial charge in [0.15, 0.2) is 0 Å². The third-order valence-corrected chi connectivity index (χ3v) is 4.98. The van der Waals surface area contributed by atoms with Gasteiger partial charge < -0.3 is 5.32 Å². The Labute approximate surface area is 117 Å². The normalized spacial score (nSPS) is 18.2. The lowest BCUT2D eigenvalue weighted by Gasteiger charge is -2.10. The van der Waals surface area contributed by atoms with Crippen molar-refractivity contribution in [2.24, 2.45) is 0 Å². The maximum Gasteiger partial charge on any atom is 0.144 e. The van der Waals surface area contributed by atoms with Crippen molar-refractivity contribution in [3.63, 3.8) is 0 Å². The number of hydrogen-bond acceptors (Lipinski definition) is 5. The van der Waals surface area contributed by atoms with Gasteiger partial charge in [-0.15, -0.1) is 11.3 Å². The third kappa shape index (κ3) is 2.82. The Morgan fingerprint density at radius 2 is 2.05 bits per heavy atom. The predicted molar refractivity (Wildman–Crippen MR) is 76.0 cm³/mol. The van der Waals surface area contributed by atoms with E-state index >= 15 is 0 Å². The summed E-state index contributed by atoms with van der Waals surface area (Å²) in [6.45, 7) is 5.17. The molecule has 4 nitrogen and oxygen atoms in total. The lowest BCUT2D eigenvalue weighted by molar-refractivity contribution is 0.545. The summed E-state index contributed by atoms with van der Waals surface area (Å²) in [5, 5.41) is 4.57. The van der Waals surface area contributed by atoms with E-state index in [1.807, 2.05) is 23.6 Å². The van der Waals surface area contributed by atoms with E-state index in [4.69, 9.17) is 0 Å². The van der Waals surface area contributed by atoms with Crippen LogP contribution in [-0.2, 0) is 12.0 Å². The fraction of sp³-hybridized carbons (Fsp3) is 0.500. The van der Waals surface area contributed by atoms with Crippen molar-refractivity contribution in [2.75, 3.05) is 0 Å². The minimum absolute atomic E-state index is 0.144. The predicted octanol–water partition coefficient (Wildman–Crippen LogP) is 2.84. The van der Waals surface area contributed by atoms with E-state index < -0.39 is 0 Å². The van der Waals surface area contributed by atoms with E-state index in [0.29, 0.717) is 5.41 Å². The highest BCUT2D eigenvalue weighted by atomic mass is 32.1. The highest BCUT2D eigenvalue weighted by Gasteiger charge is 2.40. The minimum Gasteiger partial charge on any atom is -0.301 e. The fourth-order valence-corrected chi connectivity index (χ4v) is 3.04. The van der Waals surface area contributed by atoms with E-state index in [9.17, 15) is 0 Å². The van der Waals surface area contributed by atoms with Gasteiger partial charge in [-0.3, -0.25) is 0 Å². The van der Waals surface area contributed by atoms with Gasteiger partial charge >= 0.3 is 0 Å². The third-order valence-electron chi connectivity index (χ3n) is 3.68. The average molecular weight is 274 g/mol. The van der Waals surface area contributed by atoms with Crippen LogP contribution in [-0.4, -0.2) is 15.0 Å². The van der Waals surface area contributed by atoms with Gasteiger partial charge in [0, 0.05) is 35.4 Å². The zero-order valence-electron chi connectivity index (χ0n) is 11.3. The van der Waals surface area contributed by atoms with Gasteiger partial charge in [-0.25, -0.2) is 15.0 Å². The van der Waals surface area contributed by atoms with Crippen LogP contribution < -0.4 is 5.32 Å². The molecule has 19 heavy (non-hydrogen) atoms. The molecule has 2 heterocycles. The summed E-state index contributed by atoms with van der Waals surface area (Å²) in [4.78, 5) is 14.4. The molecule has 1 unspecified atom stereocenters. The molecule has 2 aromatic rings. The van der Waals surface area contributed by atoms with Crippen molar-refractivity contribution < 1.29 is 0 Å². The van der Waals surface area contributed by atoms with E-state index in [0.717, 1.165) is 17.4 Å². The number of nitrogens with zero attached hydrogens (tertiary/aromatic N) is 3. The Kier molecular flexibility index (Phi) is 3.33. The lowest BCUT2D eigenvalue weighted by atomic mass is 10.1. The van der Waals surface area contributed by atoms with Crippen molar-refractivity contribution in [3.8, 4) is 0 Å². The summed E-state index contributed by atoms with van der Waals surface area (Å²) >= 11 is 1.83. The molecule has 2 aromatic heterocycles. The molecule has 0 bridgehead atoms. The molecule has 5 heteroatoms. The second kappa shape index (κ2) is 4.98. The molecule has 1 fully saturated rings. The molecule has 1 atom stereocenters. The number of aromatic nitrogens is 3. The highest BCUT2D eigenvalue weighted by Crippen LogP contribution is 2.49. The number of nitrogens with one attached hydrogen (secondary N) is 1. The summed E-state index contributed by atoms with van der Waals surface area (Å²) in [6.07, 6.45) is 8.19. The Bertz CT molecular complexity index is 548. The molecule has 0 amide bonds. The van der Waals surface area contributed by atoms with Gasteiger partial charge in [-0.2, -0.15) is 0 Å². The number of thiazole rings is 1. The zero-order valence-corrected chi connectivity index (χ0v) is 12.1. The zero-order chi connectivity index (χ0) is 13.3. The Balaban J connectivity index is 1.59. The van der Waals surface area contributed by atoms with Crippen LogP contribution in [0.4, 0.5) is 0 Å². The molecule has 0 saturated heterocycles. The summed E-state index contributed by atoms with van der Waals surface area (Å²) in [5.74, 6) is 0.827. The maximum atomic E-state index is 4.50. The van der Waals surface area contributed by atoms with Crippen LogP contribution in [0.1, 0.15) is 48.4 Å². The van der Waals surface area contributed by atoms with Gasteiger partial charge in [-0.05, 0) is 25.8 Å². The van der Waals surface area contributed by atoms with Crippen molar-refractivity contribution >= 4 is 11.3 Å². The SMILES string of the molecule is CC(NCc1ncc(C2(C)CC2)s1)c1ncccn1. The Morgan fingerprint density at radius 1 is 1.32 bits per heavy atom. The smallest absolute Gasteiger partial charge is 0.144 e. The summed E-state index contributed by atoms with van der Waals surface area (Å²) < 4.78 is 0. The average Bonchev–Trinajstić information content (AvgIpc) is 3.02. The first kappa shape index (κ1) is 12.7. The van der Waals surface area contributed by atoms with Crippen molar-refractivity contribution in [1.29, 1.82) is 0 Å². The Morgan fingerprint density at radius 3 is 2.74 bits per heavy atom. The summed E-state index contributed by atoms with van der Waals surface area (Å²) in [5.41, 5.74) is 0.421. The molecule has 0 aromatic carbocycles. The topological polar surface area (TPSA) is 50.7 Å². The van der Waals surface area contributed by atoms with Gasteiger partial charge in [-0.1, -0.05) is 6.92 Å². The first-order valence-corrected chi connectivity index (χ1v) is 7.44. The van der Waals surface area contributed by atoms with Crippen molar-refractivity contribution in [2.45, 2.75) is 44.7 Å². The van der Waals surface area contributed by atoms with Gasteiger partial charge in [0.05, 0.1) is 6.04 Å². The fourth-order valence-electron chi connectivity index (χ4n) is 1.97. The molecule has 1 N–H and O–H groups in total. The van der Waals surface area contributed by atoms with Crippen LogP contribution in [0.5, 0.6) is 0 Å². The maximum absolute atomic E-state index is 4.50. The number of hydrogen-bond donors (Lipinski definition) is 1. The first-order valence-electron chi connectivity index (χ1n) is 6.63. The van der Waals surface area contributed by atoms with Crippen LogP contribution >= 0.6 is 11.3 Å². The second-order valence-electron chi connectivity index (χ2n) is 5.39. The molecule has 1 saturated carbocycles. The largest absolute Gasteiger partial charge is 0.301 e. The van der Waals surface area contributed by atoms with Crippen molar-refractivity contribution in [3.05, 3.63) is 40.4 Å². The standard InChI is InChI=1S/C14H18N4S/c1-10(13-15-6-3-7-16-13)17-9-12-18-8-11(19-12)14(2)4-5-14/h3,6-8,10,17H,4-5,9H2,1-2H3. The van der Waals surface area contributed by atoms with Gasteiger partial charge in [0.25, 0.3) is 0 Å². The lowest BCUT2D eigenvalue weighted by Crippen LogP contribution is -2.19. The molecule has 0 aliphatic heterocycles. The van der Waals surface area contributed by atoms with E-state index in [1.165, 1.54) is 17.7 Å². The molecule has 3 rings (SSSR count). The molecule has 0 spiro atoms. The van der Waals surface area contributed by atoms with Gasteiger partial charge in [0.2, 0.25) is 0 Å². The van der Waals surface area contributed by atoms with Crippen LogP contribution in [0, 0.1) is 0 Å². The molecular weight excluding hydrogens is 256 g/mol. The second-order valence-corrected chi connectivity index (χ2v) is 6.50. The van der Waals surface area contributed by atoms with E-state index in [1.54, 1.807) is 12.4 Å². The minimum atomic E-state index is 0.144. The quantitative estimate of drug-likeness (QED) is 0.911. The van der Waals surface area contributed by atoms with Gasteiger partial charge in [0.1, 0.15) is 10.8 Å². The highest BCUT2D eigenvalue weighted by molar-refractivity contribution is 7.11. The molecule has 1 aliphatic rings. The van der Waals surface area contributed by atoms with Crippen LogP contribution in [0.25, 0.3) is 0 Å². The first-order chi connectivity index (χ1) is 9.17. The molecule has 100 valence electrons. The number of rotatable bonds is 5. The van der Waals surface area contributed by atoms with Crippen molar-refractivity contribution in [1.82, 2.24) is 20.3 Å². The van der Waals surface area contributed by atoms with Crippen LogP contribution in [0.2, 0.25) is 0 Å². The Hall–Kier alpha value is -1.33. The van der Waals surface area contributed by atoms with E-state index in [-0.39, 0.29) is 6.04 Å². The summed E-state index contributed by atoms with van der Waals surface area (Å²) in [6, 6.07) is 1.98. The van der Waals surface area contributed by atoms with E-state index in [2.05, 4.69) is 34.1 Å². The summed E-state index contributed by atoms with van der Waals surface area (Å²) in [7, 11) is 0. The van der Waals surface area contributed by atoms with Crippen LogP contribution in [0.15, 0.2) is 24.7 Å². The molecule has 1 aliphatic carbocycles. The molecular formula is C14H18N4S. The van der Waals surface area contributed by atoms with Crippen LogP contribution in [0.3, 0.4) is 0 Å².